The van der Waals surface area contributed by atoms with Crippen LogP contribution in [-0.4, -0.2) is 26.6 Å². The number of aromatic nitrogens is 3. The fourth-order valence-corrected chi connectivity index (χ4v) is 3.43. The van der Waals surface area contributed by atoms with Gasteiger partial charge in [0.1, 0.15) is 16.9 Å². The zero-order valence-electron chi connectivity index (χ0n) is 16.1. The summed E-state index contributed by atoms with van der Waals surface area (Å²) in [4.78, 5) is 22.3. The Morgan fingerprint density at radius 3 is 2.21 bits per heavy atom. The topological polar surface area (TPSA) is 83.0 Å². The van der Waals surface area contributed by atoms with Crippen molar-refractivity contribution in [1.29, 1.82) is 0 Å². The normalized spacial score (nSPS) is 12.6. The predicted octanol–water partition coefficient (Wildman–Crippen LogP) is 4.34. The first-order valence-corrected chi connectivity index (χ1v) is 9.29. The van der Waals surface area contributed by atoms with Crippen molar-refractivity contribution >= 4 is 34.0 Å². The number of carbonyl (C=O) groups is 1. The molecule has 142 valence electrons. The maximum Gasteiger partial charge on any atom is 0.344 e. The third-order valence-corrected chi connectivity index (χ3v) is 4.75. The highest BCUT2D eigenvalue weighted by Crippen LogP contribution is 2.33. The van der Waals surface area contributed by atoms with E-state index in [0.717, 1.165) is 11.1 Å². The van der Waals surface area contributed by atoms with Crippen molar-refractivity contribution in [2.24, 2.45) is 0 Å². The molecule has 0 bridgehead atoms. The smallest absolute Gasteiger partial charge is 0.344 e. The minimum Gasteiger partial charge on any atom is -0.459 e. The minimum absolute atomic E-state index is 0.125. The third kappa shape index (κ3) is 2.97. The van der Waals surface area contributed by atoms with Crippen LogP contribution in [0.3, 0.4) is 0 Å². The summed E-state index contributed by atoms with van der Waals surface area (Å²) < 4.78 is 7.30. The summed E-state index contributed by atoms with van der Waals surface area (Å²) in [6.07, 6.45) is -0.259. The van der Waals surface area contributed by atoms with Gasteiger partial charge in [-0.3, -0.25) is 0 Å². The van der Waals surface area contributed by atoms with E-state index in [9.17, 15) is 4.79 Å². The third-order valence-electron chi connectivity index (χ3n) is 4.75. The van der Waals surface area contributed by atoms with Crippen molar-refractivity contribution in [2.45, 2.75) is 32.9 Å². The van der Waals surface area contributed by atoms with Crippen molar-refractivity contribution in [2.75, 3.05) is 5.73 Å². The van der Waals surface area contributed by atoms with E-state index >= 15 is 0 Å². The Morgan fingerprint density at radius 2 is 1.57 bits per heavy atom. The standard InChI is InChI=1S/C22H22N4O2/c1-13(2)28-22(27)18-19-21(25-17-12-8-7-11-16(17)24-19)26(20(18)23)14(3)15-9-5-4-6-10-15/h4-14H,23H2,1-3H3/t14-/m1/s1. The van der Waals surface area contributed by atoms with Crippen LogP contribution in [0.4, 0.5) is 5.82 Å². The number of carbonyl (C=O) groups excluding carboxylic acids is 1. The molecule has 0 saturated heterocycles. The van der Waals surface area contributed by atoms with E-state index in [-0.39, 0.29) is 17.7 Å². The van der Waals surface area contributed by atoms with Gasteiger partial charge >= 0.3 is 5.97 Å². The molecular formula is C22H22N4O2. The van der Waals surface area contributed by atoms with Gasteiger partial charge in [-0.25, -0.2) is 14.8 Å². The van der Waals surface area contributed by atoms with Crippen molar-refractivity contribution in [3.63, 3.8) is 0 Å². The minimum atomic E-state index is -0.485. The van der Waals surface area contributed by atoms with Gasteiger partial charge in [0.05, 0.1) is 23.2 Å². The van der Waals surface area contributed by atoms with Gasteiger partial charge in [-0.05, 0) is 38.5 Å². The summed E-state index contributed by atoms with van der Waals surface area (Å²) in [6.45, 7) is 5.64. The highest BCUT2D eigenvalue weighted by molar-refractivity contribution is 6.08. The summed E-state index contributed by atoms with van der Waals surface area (Å²) in [7, 11) is 0. The van der Waals surface area contributed by atoms with Gasteiger partial charge in [-0.2, -0.15) is 0 Å². The van der Waals surface area contributed by atoms with Gasteiger partial charge in [0.15, 0.2) is 5.65 Å². The Labute approximate surface area is 163 Å². The quantitative estimate of drug-likeness (QED) is 0.537. The molecule has 6 nitrogen and oxygen atoms in total. The van der Waals surface area contributed by atoms with E-state index in [4.69, 9.17) is 20.4 Å². The van der Waals surface area contributed by atoms with Crippen LogP contribution >= 0.6 is 0 Å². The molecule has 2 aromatic heterocycles. The monoisotopic (exact) mass is 374 g/mol. The van der Waals surface area contributed by atoms with E-state index in [1.54, 1.807) is 13.8 Å². The molecule has 4 aromatic rings. The second-order valence-electron chi connectivity index (χ2n) is 7.06. The summed E-state index contributed by atoms with van der Waals surface area (Å²) >= 11 is 0. The second-order valence-corrected chi connectivity index (χ2v) is 7.06. The number of nitrogens with zero attached hydrogens (tertiary/aromatic N) is 3. The predicted molar refractivity (Wildman–Crippen MR) is 110 cm³/mol. The van der Waals surface area contributed by atoms with E-state index in [1.807, 2.05) is 66.1 Å². The first-order valence-electron chi connectivity index (χ1n) is 9.29. The van der Waals surface area contributed by atoms with E-state index in [0.29, 0.717) is 22.5 Å². The summed E-state index contributed by atoms with van der Waals surface area (Å²) in [5, 5.41) is 0. The van der Waals surface area contributed by atoms with Crippen molar-refractivity contribution in [1.82, 2.24) is 14.5 Å². The lowest BCUT2D eigenvalue weighted by atomic mass is 10.1. The van der Waals surface area contributed by atoms with Crippen molar-refractivity contribution in [3.05, 3.63) is 65.7 Å². The molecule has 0 fully saturated rings. The van der Waals surface area contributed by atoms with Gasteiger partial charge in [-0.15, -0.1) is 0 Å². The molecule has 0 saturated carbocycles. The average molecular weight is 374 g/mol. The molecule has 2 heterocycles. The van der Waals surface area contributed by atoms with Crippen LogP contribution < -0.4 is 5.73 Å². The molecular weight excluding hydrogens is 352 g/mol. The lowest BCUT2D eigenvalue weighted by Gasteiger charge is -2.17. The Balaban J connectivity index is 2.01. The number of hydrogen-bond acceptors (Lipinski definition) is 5. The van der Waals surface area contributed by atoms with Gasteiger partial charge < -0.3 is 15.0 Å². The number of anilines is 1. The number of fused-ring (bicyclic) bond motifs is 2. The highest BCUT2D eigenvalue weighted by atomic mass is 16.5. The number of benzene rings is 2. The molecule has 0 amide bonds. The molecule has 28 heavy (non-hydrogen) atoms. The lowest BCUT2D eigenvalue weighted by Crippen LogP contribution is -2.15. The van der Waals surface area contributed by atoms with Crippen LogP contribution in [0.25, 0.3) is 22.2 Å². The van der Waals surface area contributed by atoms with Crippen molar-refractivity contribution in [3.8, 4) is 0 Å². The zero-order chi connectivity index (χ0) is 19.8. The number of hydrogen-bond donors (Lipinski definition) is 1. The number of nitrogen functional groups attached to an aromatic ring is 1. The highest BCUT2D eigenvalue weighted by Gasteiger charge is 2.28. The molecule has 4 rings (SSSR count). The molecule has 2 aromatic carbocycles. The number of para-hydroxylation sites is 2. The molecule has 1 atom stereocenters. The summed E-state index contributed by atoms with van der Waals surface area (Å²) in [6, 6.07) is 17.4. The molecule has 2 N–H and O–H groups in total. The van der Waals surface area contributed by atoms with E-state index in [2.05, 4.69) is 0 Å². The Bertz CT molecular complexity index is 1170. The number of rotatable bonds is 4. The molecule has 0 aliphatic rings. The van der Waals surface area contributed by atoms with Crippen LogP contribution in [0, 0.1) is 0 Å². The van der Waals surface area contributed by atoms with Gasteiger partial charge in [-0.1, -0.05) is 42.5 Å². The first kappa shape index (κ1) is 18.0. The van der Waals surface area contributed by atoms with Crippen LogP contribution in [-0.2, 0) is 4.74 Å². The molecule has 0 spiro atoms. The fraction of sp³-hybridized carbons (Fsp3) is 0.227. The number of ether oxygens (including phenoxy) is 1. The fourth-order valence-electron chi connectivity index (χ4n) is 3.43. The molecule has 6 heteroatoms. The van der Waals surface area contributed by atoms with Gasteiger partial charge in [0.2, 0.25) is 0 Å². The van der Waals surface area contributed by atoms with Gasteiger partial charge in [0, 0.05) is 0 Å². The number of esters is 1. The molecule has 0 aliphatic carbocycles. The lowest BCUT2D eigenvalue weighted by molar-refractivity contribution is 0.0381. The molecule has 0 aliphatic heterocycles. The van der Waals surface area contributed by atoms with Crippen LogP contribution in [0.5, 0.6) is 0 Å². The van der Waals surface area contributed by atoms with Crippen molar-refractivity contribution < 1.29 is 9.53 Å². The Hall–Kier alpha value is -3.41. The maximum absolute atomic E-state index is 12.8. The average Bonchev–Trinajstić information content (AvgIpc) is 2.96. The van der Waals surface area contributed by atoms with Gasteiger partial charge in [0.25, 0.3) is 0 Å². The first-order chi connectivity index (χ1) is 13.5. The Kier molecular flexibility index (Phi) is 4.47. The van der Waals surface area contributed by atoms with Crippen LogP contribution in [0.1, 0.15) is 42.7 Å². The molecule has 0 unspecified atom stereocenters. The van der Waals surface area contributed by atoms with E-state index < -0.39 is 5.97 Å². The Morgan fingerprint density at radius 1 is 0.964 bits per heavy atom. The van der Waals surface area contributed by atoms with E-state index in [1.165, 1.54) is 0 Å². The SMILES string of the molecule is CC(C)OC(=O)c1c(N)n([C@H](C)c2ccccc2)c2nc3ccccc3nc12. The maximum atomic E-state index is 12.8. The molecule has 0 radical (unpaired) electrons. The second kappa shape index (κ2) is 6.96. The van der Waals surface area contributed by atoms with Crippen LogP contribution in [0.2, 0.25) is 0 Å². The summed E-state index contributed by atoms with van der Waals surface area (Å²) in [5.74, 6) is -0.173. The zero-order valence-corrected chi connectivity index (χ0v) is 16.1. The largest absolute Gasteiger partial charge is 0.459 e. The number of nitrogens with two attached hydrogens (primary N) is 1. The van der Waals surface area contributed by atoms with Crippen LogP contribution in [0.15, 0.2) is 54.6 Å². The summed E-state index contributed by atoms with van der Waals surface area (Å²) in [5.41, 5.74) is 10.3.